The summed E-state index contributed by atoms with van der Waals surface area (Å²) in [5.41, 5.74) is 2.09. The number of benzene rings is 2. The van der Waals surface area contributed by atoms with E-state index in [1.165, 1.54) is 12.1 Å². The van der Waals surface area contributed by atoms with Crippen LogP contribution in [0.5, 0.6) is 5.75 Å². The molecule has 1 heterocycles. The predicted octanol–water partition coefficient (Wildman–Crippen LogP) is 5.09. The van der Waals surface area contributed by atoms with Crippen LogP contribution in [-0.4, -0.2) is 37.2 Å². The summed E-state index contributed by atoms with van der Waals surface area (Å²) in [6.07, 6.45) is 3.32. The maximum atomic E-state index is 13.3. The first kappa shape index (κ1) is 24.5. The number of methoxy groups -OCH3 is 1. The fraction of sp³-hybridized carbons (Fsp3) is 0.280. The summed E-state index contributed by atoms with van der Waals surface area (Å²) >= 11 is 3.47. The molecule has 8 heteroatoms. The number of esters is 2. The third-order valence-electron chi connectivity index (χ3n) is 5.04. The van der Waals surface area contributed by atoms with E-state index in [2.05, 4.69) is 15.9 Å². The van der Waals surface area contributed by atoms with Gasteiger partial charge in [-0.05, 0) is 65.2 Å². The molecule has 2 aromatic carbocycles. The molecule has 0 bridgehead atoms. The molecule has 0 atom stereocenters. The second-order valence-electron chi connectivity index (χ2n) is 7.24. The number of hydrogen-bond acceptors (Lipinski definition) is 6. The van der Waals surface area contributed by atoms with Gasteiger partial charge in [0, 0.05) is 18.9 Å². The van der Waals surface area contributed by atoms with Gasteiger partial charge in [-0.15, -0.1) is 0 Å². The first-order chi connectivity index (χ1) is 15.9. The molecule has 2 aromatic rings. The fourth-order valence-corrected chi connectivity index (χ4v) is 4.15. The summed E-state index contributed by atoms with van der Waals surface area (Å²) in [6, 6.07) is 11.4. The van der Waals surface area contributed by atoms with Gasteiger partial charge in [-0.1, -0.05) is 18.2 Å². The van der Waals surface area contributed by atoms with E-state index in [-0.39, 0.29) is 19.0 Å². The first-order valence-electron chi connectivity index (χ1n) is 10.5. The molecule has 3 rings (SSSR count). The molecule has 0 unspecified atom stereocenters. The van der Waals surface area contributed by atoms with Crippen LogP contribution in [0.4, 0.5) is 4.39 Å². The second-order valence-corrected chi connectivity index (χ2v) is 8.09. The van der Waals surface area contributed by atoms with E-state index >= 15 is 0 Å². The maximum Gasteiger partial charge on any atom is 0.336 e. The average molecular weight is 518 g/mol. The SMILES string of the molecule is CCOC(=O)C1=CN(Cc2ccc(F)cc2)C=C(C(=O)OCC)C1c1ccc(OC)c(Br)c1. The van der Waals surface area contributed by atoms with E-state index in [0.29, 0.717) is 33.5 Å². The van der Waals surface area contributed by atoms with Crippen LogP contribution in [0.3, 0.4) is 0 Å². The number of halogens is 2. The summed E-state index contributed by atoms with van der Waals surface area (Å²) < 4.78 is 29.9. The van der Waals surface area contributed by atoms with Gasteiger partial charge in [0.05, 0.1) is 41.9 Å². The molecule has 1 aliphatic rings. The van der Waals surface area contributed by atoms with Crippen LogP contribution in [0.2, 0.25) is 0 Å². The van der Waals surface area contributed by atoms with Gasteiger partial charge in [0.15, 0.2) is 0 Å². The summed E-state index contributed by atoms with van der Waals surface area (Å²) in [5, 5.41) is 0. The van der Waals surface area contributed by atoms with Crippen LogP contribution in [-0.2, 0) is 25.6 Å². The van der Waals surface area contributed by atoms with Gasteiger partial charge in [-0.3, -0.25) is 0 Å². The molecule has 0 aliphatic carbocycles. The van der Waals surface area contributed by atoms with Gasteiger partial charge in [0.1, 0.15) is 11.6 Å². The highest BCUT2D eigenvalue weighted by Crippen LogP contribution is 2.40. The Bertz CT molecular complexity index is 1040. The summed E-state index contributed by atoms with van der Waals surface area (Å²) in [6.45, 7) is 4.14. The predicted molar refractivity (Wildman–Crippen MR) is 125 cm³/mol. The van der Waals surface area contributed by atoms with Crippen LogP contribution in [0.15, 0.2) is 70.5 Å². The van der Waals surface area contributed by atoms with Crippen molar-refractivity contribution in [3.63, 3.8) is 0 Å². The van der Waals surface area contributed by atoms with Crippen molar-refractivity contribution in [3.8, 4) is 5.75 Å². The number of carbonyl (C=O) groups excluding carboxylic acids is 2. The molecule has 0 N–H and O–H groups in total. The average Bonchev–Trinajstić information content (AvgIpc) is 2.80. The lowest BCUT2D eigenvalue weighted by Crippen LogP contribution is -2.29. The Labute approximate surface area is 200 Å². The van der Waals surface area contributed by atoms with Gasteiger partial charge >= 0.3 is 11.9 Å². The van der Waals surface area contributed by atoms with Crippen LogP contribution in [0.1, 0.15) is 30.9 Å². The zero-order valence-electron chi connectivity index (χ0n) is 18.6. The van der Waals surface area contributed by atoms with Gasteiger partial charge < -0.3 is 19.1 Å². The lowest BCUT2D eigenvalue weighted by Gasteiger charge is -2.30. The molecule has 0 aromatic heterocycles. The molecule has 0 fully saturated rings. The van der Waals surface area contributed by atoms with Crippen molar-refractivity contribution in [2.45, 2.75) is 26.3 Å². The number of ether oxygens (including phenoxy) is 3. The quantitative estimate of drug-likeness (QED) is 0.454. The molecule has 0 radical (unpaired) electrons. The van der Waals surface area contributed by atoms with Gasteiger partial charge in [-0.2, -0.15) is 0 Å². The first-order valence-corrected chi connectivity index (χ1v) is 11.3. The molecule has 33 heavy (non-hydrogen) atoms. The Morgan fingerprint density at radius 3 is 2.03 bits per heavy atom. The van der Waals surface area contributed by atoms with E-state index in [9.17, 15) is 14.0 Å². The number of rotatable bonds is 8. The molecule has 174 valence electrons. The second kappa shape index (κ2) is 11.1. The monoisotopic (exact) mass is 517 g/mol. The van der Waals surface area contributed by atoms with Crippen molar-refractivity contribution in [1.82, 2.24) is 4.90 Å². The standard InChI is InChI=1S/C25H25BrFNO5/c1-4-32-24(29)19-14-28(13-16-6-9-18(27)10-7-16)15-20(25(30)33-5-2)23(19)17-8-11-22(31-3)21(26)12-17/h6-12,14-15,23H,4-5,13H2,1-3H3. The molecule has 1 aliphatic heterocycles. The minimum atomic E-state index is -0.699. The lowest BCUT2D eigenvalue weighted by molar-refractivity contribution is -0.139. The van der Waals surface area contributed by atoms with Crippen molar-refractivity contribution in [2.24, 2.45) is 0 Å². The van der Waals surface area contributed by atoms with E-state index in [1.807, 2.05) is 0 Å². The molecule has 0 spiro atoms. The van der Waals surface area contributed by atoms with E-state index < -0.39 is 17.9 Å². The van der Waals surface area contributed by atoms with Crippen molar-refractivity contribution < 1.29 is 28.2 Å². The highest BCUT2D eigenvalue weighted by molar-refractivity contribution is 9.10. The van der Waals surface area contributed by atoms with E-state index in [4.69, 9.17) is 14.2 Å². The topological polar surface area (TPSA) is 65.1 Å². The Kier molecular flexibility index (Phi) is 8.27. The number of nitrogens with zero attached hydrogens (tertiary/aromatic N) is 1. The molecule has 0 saturated heterocycles. The van der Waals surface area contributed by atoms with E-state index in [0.717, 1.165) is 5.56 Å². The molecule has 6 nitrogen and oxygen atoms in total. The minimum absolute atomic E-state index is 0.186. The summed E-state index contributed by atoms with van der Waals surface area (Å²) in [7, 11) is 1.56. The third kappa shape index (κ3) is 5.82. The van der Waals surface area contributed by atoms with Gasteiger partial charge in [0.2, 0.25) is 0 Å². The summed E-state index contributed by atoms with van der Waals surface area (Å²) in [4.78, 5) is 27.7. The van der Waals surface area contributed by atoms with Crippen molar-refractivity contribution in [1.29, 1.82) is 0 Å². The minimum Gasteiger partial charge on any atom is -0.496 e. The van der Waals surface area contributed by atoms with Crippen LogP contribution < -0.4 is 4.74 Å². The highest BCUT2D eigenvalue weighted by atomic mass is 79.9. The van der Waals surface area contributed by atoms with Crippen molar-refractivity contribution in [2.75, 3.05) is 20.3 Å². The number of hydrogen-bond donors (Lipinski definition) is 0. The molecule has 0 saturated carbocycles. The highest BCUT2D eigenvalue weighted by Gasteiger charge is 2.36. The third-order valence-corrected chi connectivity index (χ3v) is 5.66. The Morgan fingerprint density at radius 1 is 0.970 bits per heavy atom. The zero-order valence-corrected chi connectivity index (χ0v) is 20.2. The normalized spacial score (nSPS) is 13.8. The molecule has 0 amide bonds. The van der Waals surface area contributed by atoms with Crippen molar-refractivity contribution >= 4 is 27.9 Å². The zero-order chi connectivity index (χ0) is 24.0. The fourth-order valence-electron chi connectivity index (χ4n) is 3.59. The Balaban J connectivity index is 2.09. The number of carbonyl (C=O) groups is 2. The van der Waals surface area contributed by atoms with Gasteiger partial charge in [0.25, 0.3) is 0 Å². The van der Waals surface area contributed by atoms with Crippen LogP contribution >= 0.6 is 15.9 Å². The Morgan fingerprint density at radius 2 is 1.55 bits per heavy atom. The maximum absolute atomic E-state index is 13.3. The molecular weight excluding hydrogens is 493 g/mol. The van der Waals surface area contributed by atoms with Crippen molar-refractivity contribution in [3.05, 3.63) is 87.4 Å². The van der Waals surface area contributed by atoms with Crippen LogP contribution in [0, 0.1) is 5.82 Å². The Hall–Kier alpha value is -3.13. The summed E-state index contributed by atoms with van der Waals surface area (Å²) in [5.74, 6) is -1.49. The van der Waals surface area contributed by atoms with E-state index in [1.54, 1.807) is 68.6 Å². The smallest absolute Gasteiger partial charge is 0.336 e. The molecular formula is C25H25BrFNO5. The van der Waals surface area contributed by atoms with Gasteiger partial charge in [-0.25, -0.2) is 14.0 Å². The van der Waals surface area contributed by atoms with Crippen LogP contribution in [0.25, 0.3) is 0 Å². The lowest BCUT2D eigenvalue weighted by atomic mass is 9.83. The largest absolute Gasteiger partial charge is 0.496 e.